The minimum atomic E-state index is -0.150. The van der Waals surface area contributed by atoms with Crippen LogP contribution in [0.3, 0.4) is 0 Å². The monoisotopic (exact) mass is 462 g/mol. The van der Waals surface area contributed by atoms with Crippen LogP contribution in [0.4, 0.5) is 11.4 Å². The first-order valence-corrected chi connectivity index (χ1v) is 11.2. The Balaban J connectivity index is 1.35. The van der Waals surface area contributed by atoms with Crippen LogP contribution in [0.5, 0.6) is 0 Å². The molecule has 0 aliphatic carbocycles. The molecule has 0 spiro atoms. The maximum atomic E-state index is 12.3. The molecule has 0 saturated carbocycles. The van der Waals surface area contributed by atoms with Crippen molar-refractivity contribution in [1.82, 2.24) is 14.9 Å². The van der Waals surface area contributed by atoms with E-state index < -0.39 is 0 Å². The number of anilines is 2. The Morgan fingerprint density at radius 1 is 1.10 bits per heavy atom. The Morgan fingerprint density at radius 3 is 2.53 bits per heavy atom. The van der Waals surface area contributed by atoms with E-state index in [-0.39, 0.29) is 11.7 Å². The van der Waals surface area contributed by atoms with Crippen LogP contribution in [-0.4, -0.2) is 39.6 Å². The Labute approximate surface area is 188 Å². The van der Waals surface area contributed by atoms with E-state index in [4.69, 9.17) is 29.0 Å². The standard InChI is InChI=1S/C20H20Cl2N6OS/c21-13-3-8-16(17(22)11-13)19-25-26-20(28(19)23)30-12-18(29)24-14-4-6-15(7-5-14)27-9-1-2-10-27/h3-8,11H,1-2,9-10,12,23H2,(H,24,29). The van der Waals surface area contributed by atoms with Crippen molar-refractivity contribution >= 4 is 52.2 Å². The fraction of sp³-hybridized carbons (Fsp3) is 0.250. The van der Waals surface area contributed by atoms with Gasteiger partial charge in [0.25, 0.3) is 0 Å². The number of nitrogens with one attached hydrogen (secondary N) is 1. The van der Waals surface area contributed by atoms with Crippen LogP contribution >= 0.6 is 35.0 Å². The molecular weight excluding hydrogens is 443 g/mol. The number of thioether (sulfide) groups is 1. The molecule has 1 amide bonds. The highest BCUT2D eigenvalue weighted by Crippen LogP contribution is 2.30. The summed E-state index contributed by atoms with van der Waals surface area (Å²) in [5.41, 5.74) is 2.56. The van der Waals surface area contributed by atoms with Crippen LogP contribution in [0.1, 0.15) is 12.8 Å². The lowest BCUT2D eigenvalue weighted by atomic mass is 10.2. The van der Waals surface area contributed by atoms with E-state index in [9.17, 15) is 4.79 Å². The lowest BCUT2D eigenvalue weighted by Gasteiger charge is -2.17. The van der Waals surface area contributed by atoms with Gasteiger partial charge < -0.3 is 16.1 Å². The number of carbonyl (C=O) groups excluding carboxylic acids is 1. The summed E-state index contributed by atoms with van der Waals surface area (Å²) in [4.78, 5) is 14.7. The quantitative estimate of drug-likeness (QED) is 0.419. The molecule has 3 N–H and O–H groups in total. The minimum Gasteiger partial charge on any atom is -0.372 e. The first kappa shape index (κ1) is 20.8. The summed E-state index contributed by atoms with van der Waals surface area (Å²) in [6.07, 6.45) is 2.46. The average molecular weight is 463 g/mol. The van der Waals surface area contributed by atoms with Crippen LogP contribution in [0.15, 0.2) is 47.6 Å². The molecule has 10 heteroatoms. The molecule has 1 saturated heterocycles. The molecule has 30 heavy (non-hydrogen) atoms. The number of nitrogens with two attached hydrogens (primary N) is 1. The van der Waals surface area contributed by atoms with Gasteiger partial charge in [0.2, 0.25) is 11.1 Å². The highest BCUT2D eigenvalue weighted by atomic mass is 35.5. The number of amides is 1. The summed E-state index contributed by atoms with van der Waals surface area (Å²) in [5.74, 6) is 6.50. The predicted octanol–water partition coefficient (Wildman–Crippen LogP) is 4.30. The molecule has 1 aliphatic rings. The van der Waals surface area contributed by atoms with Gasteiger partial charge in [-0.3, -0.25) is 4.79 Å². The van der Waals surface area contributed by atoms with Gasteiger partial charge in [-0.05, 0) is 55.3 Å². The zero-order valence-electron chi connectivity index (χ0n) is 16.0. The van der Waals surface area contributed by atoms with Crippen molar-refractivity contribution in [2.75, 3.05) is 34.9 Å². The molecular formula is C20H20Cl2N6OS. The van der Waals surface area contributed by atoms with Gasteiger partial charge in [0, 0.05) is 35.1 Å². The van der Waals surface area contributed by atoms with Crippen molar-refractivity contribution in [1.29, 1.82) is 0 Å². The molecule has 2 heterocycles. The lowest BCUT2D eigenvalue weighted by Crippen LogP contribution is -2.18. The van der Waals surface area contributed by atoms with Gasteiger partial charge in [0.15, 0.2) is 5.82 Å². The smallest absolute Gasteiger partial charge is 0.234 e. The Morgan fingerprint density at radius 2 is 1.83 bits per heavy atom. The number of halogens is 2. The number of carbonyl (C=O) groups is 1. The summed E-state index contributed by atoms with van der Waals surface area (Å²) >= 11 is 13.4. The van der Waals surface area contributed by atoms with Gasteiger partial charge in [-0.2, -0.15) is 0 Å². The van der Waals surface area contributed by atoms with E-state index in [1.54, 1.807) is 18.2 Å². The van der Waals surface area contributed by atoms with Crippen LogP contribution < -0.4 is 16.1 Å². The molecule has 3 aromatic rings. The molecule has 0 bridgehead atoms. The van der Waals surface area contributed by atoms with E-state index in [2.05, 4.69) is 20.4 Å². The third kappa shape index (κ3) is 4.66. The number of rotatable bonds is 6. The fourth-order valence-corrected chi connectivity index (χ4v) is 4.44. The summed E-state index contributed by atoms with van der Waals surface area (Å²) in [5, 5.41) is 12.4. The molecule has 0 atom stereocenters. The number of nitrogen functional groups attached to an aromatic ring is 1. The van der Waals surface area contributed by atoms with Gasteiger partial charge >= 0.3 is 0 Å². The summed E-state index contributed by atoms with van der Waals surface area (Å²) in [6, 6.07) is 12.9. The van der Waals surface area contributed by atoms with Crippen molar-refractivity contribution in [2.45, 2.75) is 18.0 Å². The minimum absolute atomic E-state index is 0.150. The van der Waals surface area contributed by atoms with Gasteiger partial charge in [-0.15, -0.1) is 10.2 Å². The second-order valence-electron chi connectivity index (χ2n) is 6.88. The van der Waals surface area contributed by atoms with Gasteiger partial charge in [-0.1, -0.05) is 35.0 Å². The van der Waals surface area contributed by atoms with Crippen LogP contribution in [0, 0.1) is 0 Å². The number of nitrogens with zero attached hydrogens (tertiary/aromatic N) is 4. The maximum Gasteiger partial charge on any atom is 0.234 e. The maximum absolute atomic E-state index is 12.3. The molecule has 7 nitrogen and oxygen atoms in total. The number of aromatic nitrogens is 3. The fourth-order valence-electron chi connectivity index (χ4n) is 3.29. The first-order chi connectivity index (χ1) is 14.5. The van der Waals surface area contributed by atoms with Crippen LogP contribution in [0.2, 0.25) is 10.0 Å². The van der Waals surface area contributed by atoms with Crippen molar-refractivity contribution in [3.63, 3.8) is 0 Å². The normalized spacial score (nSPS) is 13.6. The lowest BCUT2D eigenvalue weighted by molar-refractivity contribution is -0.113. The van der Waals surface area contributed by atoms with Crippen molar-refractivity contribution in [3.05, 3.63) is 52.5 Å². The van der Waals surface area contributed by atoms with Crippen LogP contribution in [0.25, 0.3) is 11.4 Å². The van der Waals surface area contributed by atoms with Crippen molar-refractivity contribution in [2.24, 2.45) is 0 Å². The molecule has 1 aromatic heterocycles. The predicted molar refractivity (Wildman–Crippen MR) is 123 cm³/mol. The molecule has 0 unspecified atom stereocenters. The summed E-state index contributed by atoms with van der Waals surface area (Å²) < 4.78 is 1.32. The molecule has 1 fully saturated rings. The Kier molecular flexibility index (Phi) is 6.36. The largest absolute Gasteiger partial charge is 0.372 e. The van der Waals surface area contributed by atoms with E-state index in [1.807, 2.05) is 24.3 Å². The first-order valence-electron chi connectivity index (χ1n) is 9.45. The zero-order valence-corrected chi connectivity index (χ0v) is 18.3. The number of benzene rings is 2. The molecule has 0 radical (unpaired) electrons. The van der Waals surface area contributed by atoms with E-state index in [0.717, 1.165) is 18.8 Å². The van der Waals surface area contributed by atoms with E-state index in [0.29, 0.717) is 26.6 Å². The summed E-state index contributed by atoms with van der Waals surface area (Å²) in [6.45, 7) is 2.18. The topological polar surface area (TPSA) is 89.1 Å². The highest BCUT2D eigenvalue weighted by Gasteiger charge is 2.17. The number of hydrogen-bond donors (Lipinski definition) is 2. The molecule has 156 valence electrons. The van der Waals surface area contributed by atoms with Gasteiger partial charge in [-0.25, -0.2) is 4.68 Å². The molecule has 1 aliphatic heterocycles. The van der Waals surface area contributed by atoms with Crippen molar-refractivity contribution in [3.8, 4) is 11.4 Å². The third-order valence-electron chi connectivity index (χ3n) is 4.79. The molecule has 2 aromatic carbocycles. The second-order valence-corrected chi connectivity index (χ2v) is 8.66. The second kappa shape index (κ2) is 9.16. The van der Waals surface area contributed by atoms with Gasteiger partial charge in [0.1, 0.15) is 0 Å². The number of hydrogen-bond acceptors (Lipinski definition) is 6. The SMILES string of the molecule is Nn1c(SCC(=O)Nc2ccc(N3CCCC3)cc2)nnc1-c1ccc(Cl)cc1Cl. The van der Waals surface area contributed by atoms with E-state index >= 15 is 0 Å². The highest BCUT2D eigenvalue weighted by molar-refractivity contribution is 7.99. The average Bonchev–Trinajstić information content (AvgIpc) is 3.38. The third-order valence-corrected chi connectivity index (χ3v) is 6.28. The van der Waals surface area contributed by atoms with Crippen molar-refractivity contribution < 1.29 is 4.79 Å². The van der Waals surface area contributed by atoms with Crippen LogP contribution in [-0.2, 0) is 4.79 Å². The van der Waals surface area contributed by atoms with E-state index in [1.165, 1.54) is 35.0 Å². The zero-order chi connectivity index (χ0) is 21.1. The summed E-state index contributed by atoms with van der Waals surface area (Å²) in [7, 11) is 0. The Hall–Kier alpha value is -2.42. The molecule has 4 rings (SSSR count). The Bertz CT molecular complexity index is 1050. The van der Waals surface area contributed by atoms with Gasteiger partial charge in [0.05, 0.1) is 10.8 Å².